The van der Waals surface area contributed by atoms with Crippen LogP contribution in [-0.4, -0.2) is 18.8 Å². The Balaban J connectivity index is 3.17. The maximum Gasteiger partial charge on any atom is 0.337 e. The fraction of sp³-hybridized carbons (Fsp3) is 0.125. The highest BCUT2D eigenvalue weighted by molar-refractivity contribution is 6.30. The highest BCUT2D eigenvalue weighted by Crippen LogP contribution is 2.16. The zero-order valence-electron chi connectivity index (χ0n) is 12.0. The van der Waals surface area contributed by atoms with Gasteiger partial charge in [-0.1, -0.05) is 43.0 Å². The Morgan fingerprint density at radius 3 is 2.43 bits per heavy atom. The molecule has 0 unspecified atom stereocenters. The van der Waals surface area contributed by atoms with E-state index < -0.39 is 5.97 Å². The first-order valence-electron chi connectivity index (χ1n) is 6.11. The molecule has 1 aromatic rings. The number of methoxy groups -OCH3 is 1. The molecule has 0 radical (unpaired) electrons. The Labute approximate surface area is 129 Å². The van der Waals surface area contributed by atoms with Crippen molar-refractivity contribution < 1.29 is 9.53 Å². The standard InChI is InChI=1S/C16H17ClN2O2/c1-5-14(10(2)16(20)21-4)15(18)19-11(3)12-6-8-13(17)9-7-12/h5-9H,1-2,18H2,3-4H3/b15-14-,19-11+. The van der Waals surface area contributed by atoms with Gasteiger partial charge >= 0.3 is 5.97 Å². The number of benzene rings is 1. The number of hydrogen-bond acceptors (Lipinski definition) is 4. The number of nitrogens with zero attached hydrogens (tertiary/aromatic N) is 1. The lowest BCUT2D eigenvalue weighted by Gasteiger charge is -2.08. The van der Waals surface area contributed by atoms with Crippen LogP contribution in [0, 0.1) is 0 Å². The minimum Gasteiger partial charge on any atom is -0.465 e. The van der Waals surface area contributed by atoms with Crippen molar-refractivity contribution in [1.29, 1.82) is 0 Å². The van der Waals surface area contributed by atoms with Gasteiger partial charge in [-0.2, -0.15) is 0 Å². The molecule has 0 aromatic heterocycles. The second-order valence-corrected chi connectivity index (χ2v) is 4.61. The molecule has 4 nitrogen and oxygen atoms in total. The van der Waals surface area contributed by atoms with E-state index in [1.165, 1.54) is 13.2 Å². The lowest BCUT2D eigenvalue weighted by molar-refractivity contribution is -0.135. The number of ether oxygens (including phenoxy) is 1. The highest BCUT2D eigenvalue weighted by atomic mass is 35.5. The molecule has 2 N–H and O–H groups in total. The van der Waals surface area contributed by atoms with E-state index in [1.807, 2.05) is 12.1 Å². The first-order chi connectivity index (χ1) is 9.90. The fourth-order valence-electron chi connectivity index (χ4n) is 1.61. The number of rotatable bonds is 5. The molecule has 0 atom stereocenters. The molecule has 110 valence electrons. The molecule has 0 aliphatic heterocycles. The predicted molar refractivity (Wildman–Crippen MR) is 86.2 cm³/mol. The molecular formula is C16H17ClN2O2. The number of carbonyl (C=O) groups excluding carboxylic acids is 1. The van der Waals surface area contributed by atoms with E-state index in [9.17, 15) is 4.79 Å². The van der Waals surface area contributed by atoms with Gasteiger partial charge in [0.05, 0.1) is 12.7 Å². The minimum atomic E-state index is -0.577. The molecule has 0 bridgehead atoms. The van der Waals surface area contributed by atoms with Crippen LogP contribution in [0.4, 0.5) is 0 Å². The molecule has 0 fully saturated rings. The van der Waals surface area contributed by atoms with Crippen molar-refractivity contribution in [2.75, 3.05) is 7.11 Å². The molecule has 0 saturated heterocycles. The van der Waals surface area contributed by atoms with Gasteiger partial charge in [-0.3, -0.25) is 0 Å². The molecule has 21 heavy (non-hydrogen) atoms. The third-order valence-electron chi connectivity index (χ3n) is 2.79. The molecular weight excluding hydrogens is 288 g/mol. The van der Waals surface area contributed by atoms with Gasteiger partial charge in [-0.05, 0) is 24.6 Å². The van der Waals surface area contributed by atoms with Crippen LogP contribution in [0.1, 0.15) is 12.5 Å². The van der Waals surface area contributed by atoms with Crippen LogP contribution in [0.5, 0.6) is 0 Å². The first-order valence-corrected chi connectivity index (χ1v) is 6.49. The molecule has 0 amide bonds. The number of nitrogens with two attached hydrogens (primary N) is 1. The zero-order chi connectivity index (χ0) is 16.0. The van der Waals surface area contributed by atoms with Crippen LogP contribution in [-0.2, 0) is 9.53 Å². The van der Waals surface area contributed by atoms with E-state index in [4.69, 9.17) is 17.3 Å². The van der Waals surface area contributed by atoms with E-state index in [0.29, 0.717) is 16.3 Å². The lowest BCUT2D eigenvalue weighted by Crippen LogP contribution is -2.10. The summed E-state index contributed by atoms with van der Waals surface area (Å²) in [7, 11) is 1.27. The maximum atomic E-state index is 11.5. The summed E-state index contributed by atoms with van der Waals surface area (Å²) >= 11 is 5.84. The largest absolute Gasteiger partial charge is 0.465 e. The second kappa shape index (κ2) is 7.45. The lowest BCUT2D eigenvalue weighted by atomic mass is 10.1. The third kappa shape index (κ3) is 4.33. The minimum absolute atomic E-state index is 0.109. The number of aliphatic imine (C=N–C) groups is 1. The van der Waals surface area contributed by atoms with E-state index in [2.05, 4.69) is 22.9 Å². The maximum absolute atomic E-state index is 11.5. The van der Waals surface area contributed by atoms with Crippen LogP contribution in [0.2, 0.25) is 5.02 Å². The van der Waals surface area contributed by atoms with Gasteiger partial charge in [-0.25, -0.2) is 9.79 Å². The van der Waals surface area contributed by atoms with Crippen LogP contribution in [0.25, 0.3) is 0 Å². The van der Waals surface area contributed by atoms with Crippen LogP contribution in [0.15, 0.2) is 65.5 Å². The summed E-state index contributed by atoms with van der Waals surface area (Å²) in [5, 5.41) is 0.640. The van der Waals surface area contributed by atoms with E-state index in [1.54, 1.807) is 19.1 Å². The quantitative estimate of drug-likeness (QED) is 0.393. The van der Waals surface area contributed by atoms with Crippen molar-refractivity contribution >= 4 is 23.3 Å². The van der Waals surface area contributed by atoms with Crippen molar-refractivity contribution in [2.24, 2.45) is 10.7 Å². The zero-order valence-corrected chi connectivity index (χ0v) is 12.8. The molecule has 0 aliphatic carbocycles. The summed E-state index contributed by atoms with van der Waals surface area (Å²) in [5.74, 6) is -0.431. The third-order valence-corrected chi connectivity index (χ3v) is 3.04. The Hall–Kier alpha value is -2.33. The Kier molecular flexibility index (Phi) is 5.93. The number of halogens is 1. The van der Waals surface area contributed by atoms with Gasteiger partial charge in [0.2, 0.25) is 0 Å². The molecule has 0 aliphatic rings. The first kappa shape index (κ1) is 16.7. The van der Waals surface area contributed by atoms with E-state index >= 15 is 0 Å². The van der Waals surface area contributed by atoms with Gasteiger partial charge in [0.15, 0.2) is 0 Å². The van der Waals surface area contributed by atoms with Gasteiger partial charge in [-0.15, -0.1) is 0 Å². The smallest absolute Gasteiger partial charge is 0.337 e. The Morgan fingerprint density at radius 1 is 1.38 bits per heavy atom. The summed E-state index contributed by atoms with van der Waals surface area (Å²) in [6.07, 6.45) is 1.42. The normalized spacial score (nSPS) is 12.4. The fourth-order valence-corrected chi connectivity index (χ4v) is 1.74. The summed E-state index contributed by atoms with van der Waals surface area (Å²) in [6.45, 7) is 9.06. The van der Waals surface area contributed by atoms with Gasteiger partial charge in [0.25, 0.3) is 0 Å². The van der Waals surface area contributed by atoms with Gasteiger partial charge < -0.3 is 10.5 Å². The number of esters is 1. The number of allylic oxidation sites excluding steroid dienone is 1. The SMILES string of the molecule is C=C/C(C(=C)C(=O)OC)=C(N)/N=C(\C)c1ccc(Cl)cc1. The number of hydrogen-bond donors (Lipinski definition) is 1. The van der Waals surface area contributed by atoms with Crippen molar-refractivity contribution in [2.45, 2.75) is 6.92 Å². The van der Waals surface area contributed by atoms with Crippen LogP contribution in [0.3, 0.4) is 0 Å². The average molecular weight is 305 g/mol. The Morgan fingerprint density at radius 2 is 1.95 bits per heavy atom. The molecule has 0 spiro atoms. The second-order valence-electron chi connectivity index (χ2n) is 4.18. The van der Waals surface area contributed by atoms with Crippen LogP contribution >= 0.6 is 11.6 Å². The molecule has 0 saturated carbocycles. The molecule has 1 aromatic carbocycles. The summed E-state index contributed by atoms with van der Waals surface area (Å²) in [4.78, 5) is 15.8. The molecule has 1 rings (SSSR count). The summed E-state index contributed by atoms with van der Waals surface area (Å²) in [5.41, 5.74) is 7.92. The van der Waals surface area contributed by atoms with Crippen molar-refractivity contribution in [3.8, 4) is 0 Å². The van der Waals surface area contributed by atoms with Crippen molar-refractivity contribution in [3.63, 3.8) is 0 Å². The van der Waals surface area contributed by atoms with E-state index in [-0.39, 0.29) is 11.4 Å². The van der Waals surface area contributed by atoms with Gasteiger partial charge in [0, 0.05) is 16.3 Å². The van der Waals surface area contributed by atoms with E-state index in [0.717, 1.165) is 5.56 Å². The van der Waals surface area contributed by atoms with Crippen LogP contribution < -0.4 is 5.73 Å². The average Bonchev–Trinajstić information content (AvgIpc) is 2.47. The molecule has 5 heteroatoms. The number of carbonyl (C=O) groups is 1. The van der Waals surface area contributed by atoms with Crippen molar-refractivity contribution in [3.05, 3.63) is 71.1 Å². The van der Waals surface area contributed by atoms with Crippen molar-refractivity contribution in [1.82, 2.24) is 0 Å². The van der Waals surface area contributed by atoms with Gasteiger partial charge in [0.1, 0.15) is 5.82 Å². The summed E-state index contributed by atoms with van der Waals surface area (Å²) in [6, 6.07) is 7.18. The monoisotopic (exact) mass is 304 g/mol. The predicted octanol–water partition coefficient (Wildman–Crippen LogP) is 3.23. The highest BCUT2D eigenvalue weighted by Gasteiger charge is 2.13. The summed E-state index contributed by atoms with van der Waals surface area (Å²) < 4.78 is 4.61. The topological polar surface area (TPSA) is 64.7 Å². The Bertz CT molecular complexity index is 628. The molecule has 0 heterocycles.